The molecule has 0 radical (unpaired) electrons. The SMILES string of the molecule is O=S(=O)(c1ccccc1)n1ccc2c(OCc3ccccc3)cc(C3OCCCO3)cc21. The van der Waals surface area contributed by atoms with Gasteiger partial charge in [0.2, 0.25) is 0 Å². The van der Waals surface area contributed by atoms with E-state index in [0.29, 0.717) is 36.5 Å². The highest BCUT2D eigenvalue weighted by molar-refractivity contribution is 7.90. The number of ether oxygens (including phenoxy) is 3. The summed E-state index contributed by atoms with van der Waals surface area (Å²) >= 11 is 0. The Bertz CT molecular complexity index is 1310. The van der Waals surface area contributed by atoms with Crippen molar-refractivity contribution in [1.29, 1.82) is 0 Å². The number of hydrogen-bond donors (Lipinski definition) is 0. The maximum absolute atomic E-state index is 13.3. The van der Waals surface area contributed by atoms with Crippen LogP contribution in [0.3, 0.4) is 0 Å². The average molecular weight is 450 g/mol. The Morgan fingerprint density at radius 1 is 0.906 bits per heavy atom. The van der Waals surface area contributed by atoms with E-state index in [0.717, 1.165) is 17.5 Å². The van der Waals surface area contributed by atoms with E-state index in [-0.39, 0.29) is 4.90 Å². The number of nitrogens with zero attached hydrogens (tertiary/aromatic N) is 1. The van der Waals surface area contributed by atoms with Crippen molar-refractivity contribution in [2.24, 2.45) is 0 Å². The summed E-state index contributed by atoms with van der Waals surface area (Å²) in [6.07, 6.45) is 1.83. The van der Waals surface area contributed by atoms with E-state index in [1.54, 1.807) is 48.7 Å². The third-order valence-electron chi connectivity index (χ3n) is 5.39. The summed E-state index contributed by atoms with van der Waals surface area (Å²) in [7, 11) is -3.77. The quantitative estimate of drug-likeness (QED) is 0.419. The molecule has 2 heterocycles. The Kier molecular flexibility index (Phi) is 5.70. The zero-order chi connectivity index (χ0) is 22.0. The van der Waals surface area contributed by atoms with E-state index < -0.39 is 16.3 Å². The molecule has 1 aliphatic heterocycles. The van der Waals surface area contributed by atoms with Gasteiger partial charge in [0.1, 0.15) is 12.4 Å². The second-order valence-corrected chi connectivity index (χ2v) is 9.40. The zero-order valence-corrected chi connectivity index (χ0v) is 18.2. The van der Waals surface area contributed by atoms with Gasteiger partial charge in [-0.25, -0.2) is 12.4 Å². The van der Waals surface area contributed by atoms with E-state index in [1.165, 1.54) is 3.97 Å². The number of hydrogen-bond acceptors (Lipinski definition) is 5. The molecular formula is C25H23NO5S. The first kappa shape index (κ1) is 20.8. The third kappa shape index (κ3) is 4.02. The van der Waals surface area contributed by atoms with Crippen molar-refractivity contribution in [3.05, 3.63) is 96.2 Å². The molecule has 0 atom stereocenters. The topological polar surface area (TPSA) is 66.8 Å². The zero-order valence-electron chi connectivity index (χ0n) is 17.4. The molecule has 1 fully saturated rings. The molecule has 5 rings (SSSR count). The van der Waals surface area contributed by atoms with E-state index in [4.69, 9.17) is 14.2 Å². The molecule has 0 N–H and O–H groups in total. The highest BCUT2D eigenvalue weighted by Crippen LogP contribution is 2.35. The van der Waals surface area contributed by atoms with Gasteiger partial charge >= 0.3 is 0 Å². The van der Waals surface area contributed by atoms with E-state index in [2.05, 4.69) is 0 Å². The molecule has 4 aromatic rings. The van der Waals surface area contributed by atoms with Crippen LogP contribution < -0.4 is 4.74 Å². The van der Waals surface area contributed by atoms with Gasteiger partial charge in [0.25, 0.3) is 10.0 Å². The van der Waals surface area contributed by atoms with E-state index >= 15 is 0 Å². The summed E-state index contributed by atoms with van der Waals surface area (Å²) in [6.45, 7) is 1.54. The number of aromatic nitrogens is 1. The highest BCUT2D eigenvalue weighted by atomic mass is 32.2. The van der Waals surface area contributed by atoms with Crippen molar-refractivity contribution < 1.29 is 22.6 Å². The first-order valence-electron chi connectivity index (χ1n) is 10.5. The van der Waals surface area contributed by atoms with Crippen LogP contribution in [0.1, 0.15) is 23.8 Å². The molecule has 1 aliphatic rings. The second-order valence-electron chi connectivity index (χ2n) is 7.58. The van der Waals surface area contributed by atoms with Gasteiger partial charge in [0.05, 0.1) is 23.6 Å². The van der Waals surface area contributed by atoms with Crippen LogP contribution in [0.15, 0.2) is 90.0 Å². The number of rotatable bonds is 6. The van der Waals surface area contributed by atoms with Gasteiger partial charge < -0.3 is 14.2 Å². The molecule has 0 spiro atoms. The van der Waals surface area contributed by atoms with Crippen molar-refractivity contribution in [1.82, 2.24) is 3.97 Å². The number of benzene rings is 3. The van der Waals surface area contributed by atoms with Crippen molar-refractivity contribution in [3.8, 4) is 5.75 Å². The normalized spacial score (nSPS) is 15.1. The van der Waals surface area contributed by atoms with Crippen LogP contribution >= 0.6 is 0 Å². The molecule has 6 nitrogen and oxygen atoms in total. The lowest BCUT2D eigenvalue weighted by Gasteiger charge is -2.24. The molecule has 0 unspecified atom stereocenters. The fourth-order valence-corrected chi connectivity index (χ4v) is 5.15. The monoisotopic (exact) mass is 449 g/mol. The van der Waals surface area contributed by atoms with Gasteiger partial charge in [-0.1, -0.05) is 48.5 Å². The fraction of sp³-hybridized carbons (Fsp3) is 0.200. The van der Waals surface area contributed by atoms with Crippen LogP contribution in [0.25, 0.3) is 10.9 Å². The van der Waals surface area contributed by atoms with Crippen molar-refractivity contribution in [3.63, 3.8) is 0 Å². The second kappa shape index (κ2) is 8.78. The van der Waals surface area contributed by atoms with Crippen LogP contribution in [0, 0.1) is 0 Å². The molecule has 1 aromatic heterocycles. The van der Waals surface area contributed by atoms with Crippen molar-refractivity contribution >= 4 is 20.9 Å². The van der Waals surface area contributed by atoms with Crippen LogP contribution in [-0.4, -0.2) is 25.6 Å². The summed E-state index contributed by atoms with van der Waals surface area (Å²) in [4.78, 5) is 0.222. The molecule has 164 valence electrons. The van der Waals surface area contributed by atoms with Gasteiger partial charge in [0, 0.05) is 17.1 Å². The smallest absolute Gasteiger partial charge is 0.268 e. The molecule has 0 bridgehead atoms. The van der Waals surface area contributed by atoms with Crippen LogP contribution in [-0.2, 0) is 26.1 Å². The van der Waals surface area contributed by atoms with Gasteiger partial charge in [0.15, 0.2) is 6.29 Å². The van der Waals surface area contributed by atoms with Crippen molar-refractivity contribution in [2.45, 2.75) is 24.2 Å². The summed E-state index contributed by atoms with van der Waals surface area (Å²) in [5.41, 5.74) is 2.27. The van der Waals surface area contributed by atoms with Crippen LogP contribution in [0.5, 0.6) is 5.75 Å². The Balaban J connectivity index is 1.60. The Morgan fingerprint density at radius 2 is 1.59 bits per heavy atom. The lowest BCUT2D eigenvalue weighted by Crippen LogP contribution is -2.18. The minimum Gasteiger partial charge on any atom is -0.488 e. The van der Waals surface area contributed by atoms with Gasteiger partial charge in [-0.05, 0) is 42.3 Å². The van der Waals surface area contributed by atoms with Crippen molar-refractivity contribution in [2.75, 3.05) is 13.2 Å². The Hall–Kier alpha value is -3.13. The predicted molar refractivity (Wildman–Crippen MR) is 121 cm³/mol. The maximum atomic E-state index is 13.3. The summed E-state index contributed by atoms with van der Waals surface area (Å²) in [6, 6.07) is 23.7. The molecule has 0 amide bonds. The molecule has 1 saturated heterocycles. The molecule has 32 heavy (non-hydrogen) atoms. The highest BCUT2D eigenvalue weighted by Gasteiger charge is 2.24. The average Bonchev–Trinajstić information content (AvgIpc) is 3.29. The van der Waals surface area contributed by atoms with Crippen LogP contribution in [0.4, 0.5) is 0 Å². The Labute approximate surface area is 187 Å². The summed E-state index contributed by atoms with van der Waals surface area (Å²) in [5, 5.41) is 0.708. The van der Waals surface area contributed by atoms with Gasteiger partial charge in [-0.15, -0.1) is 0 Å². The summed E-state index contributed by atoms with van der Waals surface area (Å²) < 4.78 is 45.7. The maximum Gasteiger partial charge on any atom is 0.268 e. The first-order chi connectivity index (χ1) is 15.6. The third-order valence-corrected chi connectivity index (χ3v) is 7.10. The largest absolute Gasteiger partial charge is 0.488 e. The predicted octanol–water partition coefficient (Wildman–Crippen LogP) is 4.89. The molecule has 0 saturated carbocycles. The van der Waals surface area contributed by atoms with E-state index in [1.807, 2.05) is 36.4 Å². The van der Waals surface area contributed by atoms with Gasteiger partial charge in [-0.3, -0.25) is 0 Å². The Morgan fingerprint density at radius 3 is 2.31 bits per heavy atom. The minimum absolute atomic E-state index is 0.222. The summed E-state index contributed by atoms with van der Waals surface area (Å²) in [5.74, 6) is 0.584. The van der Waals surface area contributed by atoms with Gasteiger partial charge in [-0.2, -0.15) is 0 Å². The fourth-order valence-electron chi connectivity index (χ4n) is 3.79. The molecule has 7 heteroatoms. The molecule has 3 aromatic carbocycles. The lowest BCUT2D eigenvalue weighted by atomic mass is 10.1. The molecule has 0 aliphatic carbocycles. The minimum atomic E-state index is -3.77. The van der Waals surface area contributed by atoms with E-state index in [9.17, 15) is 8.42 Å². The lowest BCUT2D eigenvalue weighted by molar-refractivity contribution is -0.183. The standard InChI is InChI=1S/C25H23NO5S/c27-32(28,21-10-5-2-6-11-21)26-13-12-22-23(26)16-20(25-29-14-7-15-30-25)17-24(22)31-18-19-8-3-1-4-9-19/h1-6,8-13,16-17,25H,7,14-15,18H2. The van der Waals surface area contributed by atoms with Crippen LogP contribution in [0.2, 0.25) is 0 Å². The first-order valence-corrected chi connectivity index (χ1v) is 11.9. The number of fused-ring (bicyclic) bond motifs is 1. The molecular weight excluding hydrogens is 426 g/mol.